The van der Waals surface area contributed by atoms with Gasteiger partial charge in [0.05, 0.1) is 6.54 Å². The van der Waals surface area contributed by atoms with Gasteiger partial charge in [0.15, 0.2) is 0 Å². The number of carbonyl (C=O) groups is 1. The molecule has 0 aliphatic carbocycles. The van der Waals surface area contributed by atoms with E-state index in [0.717, 1.165) is 12.8 Å². The third-order valence-corrected chi connectivity index (χ3v) is 2.84. The predicted molar refractivity (Wildman–Crippen MR) is 73.5 cm³/mol. The highest BCUT2D eigenvalue weighted by Gasteiger charge is 2.28. The standard InChI is InChI=1S/C14H21N3O3/c1-14(2,3)20-13(18)17-9-4-6-11(10-17)19-12-15-7-5-8-16-12/h5,7-8,11H,4,6,9-10H2,1-3H3/t11-/m0/s1. The lowest BCUT2D eigenvalue weighted by Gasteiger charge is -2.33. The van der Waals surface area contributed by atoms with Crippen molar-refractivity contribution in [3.05, 3.63) is 18.5 Å². The minimum atomic E-state index is -0.479. The summed E-state index contributed by atoms with van der Waals surface area (Å²) in [6, 6.07) is 2.09. The van der Waals surface area contributed by atoms with E-state index < -0.39 is 5.60 Å². The van der Waals surface area contributed by atoms with Gasteiger partial charge in [0.1, 0.15) is 11.7 Å². The first-order chi connectivity index (χ1) is 9.44. The summed E-state index contributed by atoms with van der Waals surface area (Å²) in [6.45, 7) is 6.79. The number of amides is 1. The first-order valence-electron chi connectivity index (χ1n) is 6.86. The fourth-order valence-electron chi connectivity index (χ4n) is 2.02. The third-order valence-electron chi connectivity index (χ3n) is 2.84. The van der Waals surface area contributed by atoms with E-state index in [1.807, 2.05) is 20.8 Å². The Hall–Kier alpha value is -1.85. The molecule has 1 amide bonds. The van der Waals surface area contributed by atoms with Crippen LogP contribution in [0.1, 0.15) is 33.6 Å². The molecule has 20 heavy (non-hydrogen) atoms. The van der Waals surface area contributed by atoms with Crippen molar-refractivity contribution in [3.63, 3.8) is 0 Å². The van der Waals surface area contributed by atoms with Crippen molar-refractivity contribution in [2.24, 2.45) is 0 Å². The largest absolute Gasteiger partial charge is 0.458 e. The van der Waals surface area contributed by atoms with Gasteiger partial charge in [-0.25, -0.2) is 14.8 Å². The van der Waals surface area contributed by atoms with E-state index >= 15 is 0 Å². The maximum atomic E-state index is 12.0. The molecule has 1 fully saturated rings. The van der Waals surface area contributed by atoms with Crippen LogP contribution in [0.15, 0.2) is 18.5 Å². The summed E-state index contributed by atoms with van der Waals surface area (Å²) in [7, 11) is 0. The first-order valence-corrected chi connectivity index (χ1v) is 6.86. The van der Waals surface area contributed by atoms with Crippen LogP contribution in [0.4, 0.5) is 4.79 Å². The van der Waals surface area contributed by atoms with Gasteiger partial charge in [-0.2, -0.15) is 0 Å². The normalized spacial score (nSPS) is 19.6. The van der Waals surface area contributed by atoms with Crippen LogP contribution >= 0.6 is 0 Å². The molecule has 2 rings (SSSR count). The van der Waals surface area contributed by atoms with Gasteiger partial charge < -0.3 is 14.4 Å². The molecule has 0 aromatic carbocycles. The van der Waals surface area contributed by atoms with Crippen molar-refractivity contribution in [2.75, 3.05) is 13.1 Å². The summed E-state index contributed by atoms with van der Waals surface area (Å²) in [5.41, 5.74) is -0.479. The van der Waals surface area contributed by atoms with E-state index in [4.69, 9.17) is 9.47 Å². The molecule has 6 heteroatoms. The molecule has 2 heterocycles. The Labute approximate surface area is 119 Å². The number of hydrogen-bond acceptors (Lipinski definition) is 5. The molecule has 0 bridgehead atoms. The van der Waals surface area contributed by atoms with E-state index in [0.29, 0.717) is 19.1 Å². The quantitative estimate of drug-likeness (QED) is 0.830. The van der Waals surface area contributed by atoms with Gasteiger partial charge in [-0.3, -0.25) is 0 Å². The van der Waals surface area contributed by atoms with Gasteiger partial charge >= 0.3 is 12.1 Å². The van der Waals surface area contributed by atoms with Gasteiger partial charge in [0.25, 0.3) is 0 Å². The molecule has 0 radical (unpaired) electrons. The minimum Gasteiger partial charge on any atom is -0.458 e. The van der Waals surface area contributed by atoms with Crippen molar-refractivity contribution in [1.82, 2.24) is 14.9 Å². The monoisotopic (exact) mass is 279 g/mol. The first kappa shape index (κ1) is 14.6. The SMILES string of the molecule is CC(C)(C)OC(=O)N1CCC[C@H](Oc2ncccn2)C1. The molecule has 0 N–H and O–H groups in total. The fourth-order valence-corrected chi connectivity index (χ4v) is 2.02. The van der Waals surface area contributed by atoms with Crippen LogP contribution in [0.25, 0.3) is 0 Å². The molecule has 0 saturated carbocycles. The van der Waals surface area contributed by atoms with Crippen molar-refractivity contribution >= 4 is 6.09 Å². The van der Waals surface area contributed by atoms with E-state index in [-0.39, 0.29) is 12.2 Å². The second-order valence-corrected chi connectivity index (χ2v) is 5.84. The average molecular weight is 279 g/mol. The van der Waals surface area contributed by atoms with Gasteiger partial charge in [0, 0.05) is 18.9 Å². The Morgan fingerprint density at radius 2 is 2.05 bits per heavy atom. The number of ether oxygens (including phenoxy) is 2. The topological polar surface area (TPSA) is 64.5 Å². The molecule has 1 aliphatic rings. The van der Waals surface area contributed by atoms with Crippen LogP contribution in [0.5, 0.6) is 6.01 Å². The number of nitrogens with zero attached hydrogens (tertiary/aromatic N) is 3. The molecule has 1 aromatic heterocycles. The molecule has 1 aliphatic heterocycles. The smallest absolute Gasteiger partial charge is 0.410 e. The van der Waals surface area contributed by atoms with E-state index in [1.54, 1.807) is 23.4 Å². The van der Waals surface area contributed by atoms with Crippen LogP contribution in [0.3, 0.4) is 0 Å². The zero-order valence-corrected chi connectivity index (χ0v) is 12.2. The van der Waals surface area contributed by atoms with Crippen molar-refractivity contribution in [3.8, 4) is 6.01 Å². The molecule has 1 atom stereocenters. The van der Waals surface area contributed by atoms with Crippen LogP contribution in [-0.2, 0) is 4.74 Å². The summed E-state index contributed by atoms with van der Waals surface area (Å²) in [4.78, 5) is 21.8. The van der Waals surface area contributed by atoms with Gasteiger partial charge in [-0.1, -0.05) is 0 Å². The fraction of sp³-hybridized carbons (Fsp3) is 0.643. The number of piperidine rings is 1. The Morgan fingerprint density at radius 1 is 1.35 bits per heavy atom. The minimum absolute atomic E-state index is 0.0846. The van der Waals surface area contributed by atoms with Crippen molar-refractivity contribution in [1.29, 1.82) is 0 Å². The number of aromatic nitrogens is 2. The van der Waals surface area contributed by atoms with Gasteiger partial charge in [-0.05, 0) is 39.7 Å². The van der Waals surface area contributed by atoms with Crippen LogP contribution in [0, 0.1) is 0 Å². The lowest BCUT2D eigenvalue weighted by Crippen LogP contribution is -2.46. The highest BCUT2D eigenvalue weighted by Crippen LogP contribution is 2.18. The highest BCUT2D eigenvalue weighted by molar-refractivity contribution is 5.68. The summed E-state index contributed by atoms with van der Waals surface area (Å²) < 4.78 is 11.1. The van der Waals surface area contributed by atoms with Crippen LogP contribution < -0.4 is 4.74 Å². The zero-order valence-electron chi connectivity index (χ0n) is 12.2. The average Bonchev–Trinajstić information content (AvgIpc) is 2.38. The lowest BCUT2D eigenvalue weighted by atomic mass is 10.1. The Kier molecular flexibility index (Phi) is 4.42. The Morgan fingerprint density at radius 3 is 2.70 bits per heavy atom. The molecule has 6 nitrogen and oxygen atoms in total. The summed E-state index contributed by atoms with van der Waals surface area (Å²) in [6.07, 6.45) is 4.67. The van der Waals surface area contributed by atoms with Crippen LogP contribution in [-0.4, -0.2) is 45.8 Å². The lowest BCUT2D eigenvalue weighted by molar-refractivity contribution is 0.00660. The van der Waals surface area contributed by atoms with Gasteiger partial charge in [-0.15, -0.1) is 0 Å². The second kappa shape index (κ2) is 6.07. The molecule has 110 valence electrons. The van der Waals surface area contributed by atoms with E-state index in [1.165, 1.54) is 0 Å². The number of carbonyl (C=O) groups excluding carboxylic acids is 1. The maximum absolute atomic E-state index is 12.0. The number of likely N-dealkylation sites (tertiary alicyclic amines) is 1. The van der Waals surface area contributed by atoms with Crippen LogP contribution in [0.2, 0.25) is 0 Å². The molecule has 0 spiro atoms. The molecular weight excluding hydrogens is 258 g/mol. The number of hydrogen-bond donors (Lipinski definition) is 0. The second-order valence-electron chi connectivity index (χ2n) is 5.84. The van der Waals surface area contributed by atoms with E-state index in [2.05, 4.69) is 9.97 Å². The maximum Gasteiger partial charge on any atom is 0.410 e. The Bertz CT molecular complexity index is 445. The molecule has 1 saturated heterocycles. The predicted octanol–water partition coefficient (Wildman–Crippen LogP) is 2.25. The van der Waals surface area contributed by atoms with Crippen molar-refractivity contribution in [2.45, 2.75) is 45.3 Å². The molecule has 1 aromatic rings. The molecule has 0 unspecified atom stereocenters. The highest BCUT2D eigenvalue weighted by atomic mass is 16.6. The summed E-state index contributed by atoms with van der Waals surface area (Å²) >= 11 is 0. The summed E-state index contributed by atoms with van der Waals surface area (Å²) in [5, 5.41) is 0. The molecular formula is C14H21N3O3. The van der Waals surface area contributed by atoms with E-state index in [9.17, 15) is 4.79 Å². The van der Waals surface area contributed by atoms with Crippen molar-refractivity contribution < 1.29 is 14.3 Å². The zero-order chi connectivity index (χ0) is 14.6. The summed E-state index contributed by atoms with van der Waals surface area (Å²) in [5.74, 6) is 0. The third kappa shape index (κ3) is 4.36. The Balaban J connectivity index is 1.90. The number of rotatable bonds is 2. The van der Waals surface area contributed by atoms with Gasteiger partial charge in [0.2, 0.25) is 0 Å².